The van der Waals surface area contributed by atoms with Gasteiger partial charge in [-0.05, 0) is 18.5 Å². The zero-order chi connectivity index (χ0) is 5.15. The number of alkyl halides is 1. The summed E-state index contributed by atoms with van der Waals surface area (Å²) in [6, 6.07) is 0. The van der Waals surface area contributed by atoms with Gasteiger partial charge in [-0.25, -0.2) is 0 Å². The van der Waals surface area contributed by atoms with Crippen LogP contribution in [0.3, 0.4) is 0 Å². The zero-order valence-electron chi connectivity index (χ0n) is 4.95. The molecule has 1 unspecified atom stereocenters. The van der Waals surface area contributed by atoms with E-state index >= 15 is 0 Å². The predicted molar refractivity (Wildman–Crippen MR) is 31.9 cm³/mol. The van der Waals surface area contributed by atoms with E-state index < -0.39 is 10.6 Å². The maximum absolute atomic E-state index is 9.78. The Kier molecular flexibility index (Phi) is 50.6. The van der Waals surface area contributed by atoms with E-state index in [-0.39, 0.29) is 54.6 Å². The fourth-order valence-electron chi connectivity index (χ4n) is 0. The Balaban J connectivity index is -0.0000000208. The first-order chi connectivity index (χ1) is 2.64. The van der Waals surface area contributed by atoms with Crippen molar-refractivity contribution in [3.8, 4) is 0 Å². The molecule has 1 atom stereocenters. The van der Waals surface area contributed by atoms with Crippen LogP contribution in [0.1, 0.15) is 6.92 Å². The number of carbonyl (C=O) groups is 1. The van der Waals surface area contributed by atoms with Crippen molar-refractivity contribution >= 4 is 45.8 Å². The molecule has 0 N–H and O–H groups in total. The second-order valence-electron chi connectivity index (χ2n) is 0.920. The molecular weight excluding hydrogens is 256 g/mol. The van der Waals surface area contributed by atoms with E-state index in [1.165, 1.54) is 6.92 Å². The van der Waals surface area contributed by atoms with Crippen molar-refractivity contribution in [2.24, 2.45) is 0 Å². The smallest absolute Gasteiger partial charge is 1.00 e. The summed E-state index contributed by atoms with van der Waals surface area (Å²) in [5.41, 5.74) is 0. The van der Waals surface area contributed by atoms with Gasteiger partial charge in [0.15, 0.2) is 0 Å². The monoisotopic (exact) mass is 258 g/mol. The Bertz CT molecular complexity index is 67.9. The maximum Gasteiger partial charge on any atom is 3.00 e. The van der Waals surface area contributed by atoms with Gasteiger partial charge in [0.25, 0.3) is 0 Å². The second-order valence-corrected chi connectivity index (χ2v) is 1.95. The molecule has 0 aromatic heterocycles. The summed E-state index contributed by atoms with van der Waals surface area (Å²) in [7, 11) is 0. The minimum atomic E-state index is -0.549. The molecule has 0 heterocycles. The van der Waals surface area contributed by atoms with Crippen LogP contribution in [0, 0.1) is 0 Å². The molecule has 0 amide bonds. The van der Waals surface area contributed by atoms with Gasteiger partial charge in [0.1, 0.15) is 5.38 Å². The Labute approximate surface area is 99.6 Å². The molecule has 7 heteroatoms. The van der Waals surface area contributed by atoms with Crippen molar-refractivity contribution in [1.29, 1.82) is 0 Å². The summed E-state index contributed by atoms with van der Waals surface area (Å²) < 4.78 is 0. The van der Waals surface area contributed by atoms with Gasteiger partial charge in [0.2, 0.25) is 5.24 Å². The zero-order valence-corrected chi connectivity index (χ0v) is 9.89. The number of rotatable bonds is 1. The van der Waals surface area contributed by atoms with Crippen molar-refractivity contribution in [1.82, 2.24) is 0 Å². The molecule has 10 heavy (non-hydrogen) atoms. The van der Waals surface area contributed by atoms with Crippen LogP contribution in [-0.2, 0) is 4.79 Å². The average Bonchev–Trinajstić information content (AvgIpc) is 1.36. The number of carbonyl (C=O) groups excluding carboxylic acids is 1. The second kappa shape index (κ2) is 16.9. The van der Waals surface area contributed by atoms with E-state index in [4.69, 9.17) is 23.2 Å². The first kappa shape index (κ1) is 29.9. The standard InChI is InChI=1S/C3H4Cl2O.Al.3ClH/c1-2(4)3(5)6;;;;/h2H,1H3;;3*1H/q;+3;;;/p-3. The van der Waals surface area contributed by atoms with Gasteiger partial charge in [0, 0.05) is 0 Å². The molecular formula is C3H4AlCl5O. The van der Waals surface area contributed by atoms with Crippen molar-refractivity contribution in [2.45, 2.75) is 12.3 Å². The quantitative estimate of drug-likeness (QED) is 0.260. The van der Waals surface area contributed by atoms with E-state index in [0.717, 1.165) is 0 Å². The molecule has 0 aromatic rings. The molecule has 1 nitrogen and oxygen atoms in total. The minimum Gasteiger partial charge on any atom is -1.00 e. The molecule has 0 spiro atoms. The van der Waals surface area contributed by atoms with Gasteiger partial charge in [-0.2, -0.15) is 0 Å². The van der Waals surface area contributed by atoms with Crippen LogP contribution in [0.4, 0.5) is 0 Å². The van der Waals surface area contributed by atoms with Crippen molar-refractivity contribution < 1.29 is 42.0 Å². The van der Waals surface area contributed by atoms with E-state index in [9.17, 15) is 4.79 Å². The molecule has 60 valence electrons. The summed E-state index contributed by atoms with van der Waals surface area (Å²) in [6.45, 7) is 1.52. The third-order valence-electron chi connectivity index (χ3n) is 0.313. The molecule has 0 bridgehead atoms. The van der Waals surface area contributed by atoms with Gasteiger partial charge in [0.05, 0.1) is 0 Å². The number of halogens is 5. The summed E-state index contributed by atoms with van der Waals surface area (Å²) in [5.74, 6) is 0. The molecule has 0 saturated carbocycles. The third kappa shape index (κ3) is 22.6. The van der Waals surface area contributed by atoms with Crippen molar-refractivity contribution in [2.75, 3.05) is 0 Å². The fraction of sp³-hybridized carbons (Fsp3) is 0.667. The van der Waals surface area contributed by atoms with Crippen LogP contribution < -0.4 is 37.2 Å². The SMILES string of the molecule is CC(Cl)C(=O)Cl.[Al+3].[Cl-].[Cl-].[Cl-]. The van der Waals surface area contributed by atoms with Gasteiger partial charge in [-0.1, -0.05) is 0 Å². The Hall–Kier alpha value is 1.65. The Morgan fingerprint density at radius 2 is 1.40 bits per heavy atom. The summed E-state index contributed by atoms with van der Waals surface area (Å²) in [6.07, 6.45) is 0. The first-order valence-corrected chi connectivity index (χ1v) is 2.29. The summed E-state index contributed by atoms with van der Waals surface area (Å²) in [4.78, 5) is 9.78. The van der Waals surface area contributed by atoms with Gasteiger partial charge < -0.3 is 37.2 Å². The van der Waals surface area contributed by atoms with Crippen LogP contribution in [0.2, 0.25) is 0 Å². The topological polar surface area (TPSA) is 17.1 Å². The van der Waals surface area contributed by atoms with Crippen LogP contribution >= 0.6 is 23.2 Å². The van der Waals surface area contributed by atoms with Gasteiger partial charge in [-0.15, -0.1) is 11.6 Å². The van der Waals surface area contributed by atoms with E-state index in [1.54, 1.807) is 0 Å². The molecule has 0 aliphatic rings. The molecule has 0 rings (SSSR count). The predicted octanol–water partition coefficient (Wildman–Crippen LogP) is -7.99. The van der Waals surface area contributed by atoms with E-state index in [2.05, 4.69) is 0 Å². The van der Waals surface area contributed by atoms with Crippen LogP contribution in [0.15, 0.2) is 0 Å². The van der Waals surface area contributed by atoms with Gasteiger partial charge >= 0.3 is 17.4 Å². The summed E-state index contributed by atoms with van der Waals surface area (Å²) >= 11 is 9.97. The number of hydrogen-bond acceptors (Lipinski definition) is 1. The molecule has 0 radical (unpaired) electrons. The third-order valence-corrected chi connectivity index (χ3v) is 0.950. The fourth-order valence-corrected chi connectivity index (χ4v) is 0. The van der Waals surface area contributed by atoms with Crippen LogP contribution in [0.25, 0.3) is 0 Å². The van der Waals surface area contributed by atoms with Gasteiger partial charge in [-0.3, -0.25) is 4.79 Å². The van der Waals surface area contributed by atoms with E-state index in [1.807, 2.05) is 0 Å². The normalized spacial score (nSPS) is 8.30. The summed E-state index contributed by atoms with van der Waals surface area (Å²) in [5, 5.41) is -1.05. The van der Waals surface area contributed by atoms with Crippen LogP contribution in [-0.4, -0.2) is 28.0 Å². The minimum absolute atomic E-state index is 0. The van der Waals surface area contributed by atoms with Crippen molar-refractivity contribution in [3.63, 3.8) is 0 Å². The Morgan fingerprint density at radius 3 is 1.40 bits per heavy atom. The molecule has 0 aliphatic carbocycles. The largest absolute Gasteiger partial charge is 3.00 e. The maximum atomic E-state index is 9.78. The van der Waals surface area contributed by atoms with Crippen molar-refractivity contribution in [3.05, 3.63) is 0 Å². The molecule has 0 aromatic carbocycles. The van der Waals surface area contributed by atoms with Crippen LogP contribution in [0.5, 0.6) is 0 Å². The van der Waals surface area contributed by atoms with E-state index in [0.29, 0.717) is 0 Å². The number of hydrogen-bond donors (Lipinski definition) is 0. The molecule has 0 fully saturated rings. The Morgan fingerprint density at radius 1 is 1.30 bits per heavy atom. The average molecular weight is 260 g/mol. The molecule has 0 saturated heterocycles. The first-order valence-electron chi connectivity index (χ1n) is 1.48. The molecule has 0 aliphatic heterocycles.